The Balaban J connectivity index is 2.13. The van der Waals surface area contributed by atoms with Crippen LogP contribution in [0.5, 0.6) is 5.75 Å². The van der Waals surface area contributed by atoms with Crippen LogP contribution in [-0.4, -0.2) is 6.29 Å². The highest BCUT2D eigenvalue weighted by Crippen LogP contribution is 2.29. The van der Waals surface area contributed by atoms with Crippen LogP contribution in [0, 0.1) is 5.82 Å². The lowest BCUT2D eigenvalue weighted by molar-refractivity contribution is -0.137. The summed E-state index contributed by atoms with van der Waals surface area (Å²) in [6.07, 6.45) is -3.97. The molecule has 0 amide bonds. The molecule has 0 aromatic heterocycles. The van der Waals surface area contributed by atoms with E-state index in [-0.39, 0.29) is 17.9 Å². The van der Waals surface area contributed by atoms with Crippen molar-refractivity contribution in [1.82, 2.24) is 0 Å². The molecule has 0 saturated carbocycles. The maximum Gasteiger partial charge on any atom is 0.416 e. The molecule has 0 fully saturated rings. The molecule has 0 spiro atoms. The standard InChI is InChI=1S/C15H10F4O2/c16-13-5-11(8-20)6-14(7-13)21-9-10-2-1-3-12(4-10)15(17,18)19/h1-8H,9H2. The SMILES string of the molecule is O=Cc1cc(F)cc(OCc2cccc(C(F)(F)F)c2)c1. The van der Waals surface area contributed by atoms with E-state index in [1.165, 1.54) is 18.2 Å². The largest absolute Gasteiger partial charge is 0.489 e. The Morgan fingerprint density at radius 3 is 2.52 bits per heavy atom. The molecular formula is C15H10F4O2. The fourth-order valence-electron chi connectivity index (χ4n) is 1.74. The number of carbonyl (C=O) groups is 1. The molecule has 0 atom stereocenters. The Hall–Kier alpha value is -2.37. The minimum absolute atomic E-state index is 0.0783. The maximum atomic E-state index is 13.2. The third-order valence-electron chi connectivity index (χ3n) is 2.69. The predicted molar refractivity (Wildman–Crippen MR) is 67.6 cm³/mol. The van der Waals surface area contributed by atoms with Gasteiger partial charge in [-0.25, -0.2) is 4.39 Å². The first-order chi connectivity index (χ1) is 9.88. The number of carbonyl (C=O) groups excluding carboxylic acids is 1. The van der Waals surface area contributed by atoms with Crippen molar-refractivity contribution in [2.45, 2.75) is 12.8 Å². The molecule has 21 heavy (non-hydrogen) atoms. The van der Waals surface area contributed by atoms with Crippen LogP contribution < -0.4 is 4.74 Å². The van der Waals surface area contributed by atoms with Crippen LogP contribution in [0.25, 0.3) is 0 Å². The Morgan fingerprint density at radius 1 is 1.10 bits per heavy atom. The van der Waals surface area contributed by atoms with Crippen molar-refractivity contribution >= 4 is 6.29 Å². The first-order valence-corrected chi connectivity index (χ1v) is 5.93. The van der Waals surface area contributed by atoms with E-state index < -0.39 is 17.6 Å². The first kappa shape index (κ1) is 15.0. The summed E-state index contributed by atoms with van der Waals surface area (Å²) in [6.45, 7) is -0.161. The third kappa shape index (κ3) is 4.05. The molecule has 2 aromatic carbocycles. The van der Waals surface area contributed by atoms with Gasteiger partial charge in [-0.2, -0.15) is 13.2 Å². The summed E-state index contributed by atoms with van der Waals surface area (Å²) in [5, 5.41) is 0. The molecule has 0 N–H and O–H groups in total. The zero-order chi connectivity index (χ0) is 15.5. The van der Waals surface area contributed by atoms with E-state index in [4.69, 9.17) is 4.74 Å². The molecule has 110 valence electrons. The average molecular weight is 298 g/mol. The molecule has 0 heterocycles. The highest BCUT2D eigenvalue weighted by atomic mass is 19.4. The lowest BCUT2D eigenvalue weighted by atomic mass is 10.1. The van der Waals surface area contributed by atoms with Gasteiger partial charge in [0, 0.05) is 11.6 Å². The van der Waals surface area contributed by atoms with Crippen LogP contribution in [0.4, 0.5) is 17.6 Å². The summed E-state index contributed by atoms with van der Waals surface area (Å²) in [5.41, 5.74) is -0.396. The zero-order valence-electron chi connectivity index (χ0n) is 10.7. The third-order valence-corrected chi connectivity index (χ3v) is 2.69. The number of hydrogen-bond donors (Lipinski definition) is 0. The Bertz CT molecular complexity index is 650. The summed E-state index contributed by atoms with van der Waals surface area (Å²) in [5.74, 6) is -0.576. The lowest BCUT2D eigenvalue weighted by Gasteiger charge is -2.10. The van der Waals surface area contributed by atoms with Crippen molar-refractivity contribution < 1.29 is 27.1 Å². The minimum Gasteiger partial charge on any atom is -0.489 e. The number of benzene rings is 2. The van der Waals surface area contributed by atoms with E-state index >= 15 is 0 Å². The van der Waals surface area contributed by atoms with E-state index in [2.05, 4.69) is 0 Å². The smallest absolute Gasteiger partial charge is 0.416 e. The predicted octanol–water partition coefficient (Wildman–Crippen LogP) is 4.24. The van der Waals surface area contributed by atoms with Gasteiger partial charge in [0.2, 0.25) is 0 Å². The Morgan fingerprint density at radius 2 is 1.86 bits per heavy atom. The Kier molecular flexibility index (Phi) is 4.26. The van der Waals surface area contributed by atoms with E-state index in [1.54, 1.807) is 0 Å². The molecule has 0 aliphatic heterocycles. The van der Waals surface area contributed by atoms with Gasteiger partial charge in [0.15, 0.2) is 0 Å². The van der Waals surface area contributed by atoms with E-state index in [0.717, 1.165) is 24.3 Å². The van der Waals surface area contributed by atoms with Gasteiger partial charge in [0.1, 0.15) is 24.5 Å². The summed E-state index contributed by atoms with van der Waals surface area (Å²) >= 11 is 0. The maximum absolute atomic E-state index is 13.2. The Labute approximate surface area is 118 Å². The number of hydrogen-bond acceptors (Lipinski definition) is 2. The normalized spacial score (nSPS) is 11.2. The fraction of sp³-hybridized carbons (Fsp3) is 0.133. The van der Waals surface area contributed by atoms with Crippen molar-refractivity contribution in [3.8, 4) is 5.75 Å². The van der Waals surface area contributed by atoms with Crippen LogP contribution in [0.3, 0.4) is 0 Å². The minimum atomic E-state index is -4.43. The fourth-order valence-corrected chi connectivity index (χ4v) is 1.74. The topological polar surface area (TPSA) is 26.3 Å². The number of aldehydes is 1. The second-order valence-corrected chi connectivity index (χ2v) is 4.32. The molecule has 0 aliphatic rings. The van der Waals surface area contributed by atoms with Crippen LogP contribution in [0.2, 0.25) is 0 Å². The molecule has 6 heteroatoms. The van der Waals surface area contributed by atoms with E-state index in [1.807, 2.05) is 0 Å². The zero-order valence-corrected chi connectivity index (χ0v) is 10.7. The highest BCUT2D eigenvalue weighted by Gasteiger charge is 2.30. The molecule has 0 radical (unpaired) electrons. The second kappa shape index (κ2) is 5.95. The molecule has 2 aromatic rings. The monoisotopic (exact) mass is 298 g/mol. The van der Waals surface area contributed by atoms with E-state index in [9.17, 15) is 22.4 Å². The number of ether oxygens (including phenoxy) is 1. The van der Waals surface area contributed by atoms with Gasteiger partial charge in [-0.1, -0.05) is 12.1 Å². The molecule has 2 rings (SSSR count). The number of alkyl halides is 3. The van der Waals surface area contributed by atoms with Crippen molar-refractivity contribution in [2.75, 3.05) is 0 Å². The van der Waals surface area contributed by atoms with Gasteiger partial charge >= 0.3 is 6.18 Å². The summed E-state index contributed by atoms with van der Waals surface area (Å²) in [4.78, 5) is 10.6. The second-order valence-electron chi connectivity index (χ2n) is 4.32. The van der Waals surface area contributed by atoms with Gasteiger partial charge in [0.05, 0.1) is 5.56 Å². The van der Waals surface area contributed by atoms with Crippen LogP contribution in [0.1, 0.15) is 21.5 Å². The molecule has 0 aliphatic carbocycles. The van der Waals surface area contributed by atoms with Crippen LogP contribution >= 0.6 is 0 Å². The number of halogens is 4. The van der Waals surface area contributed by atoms with Crippen LogP contribution in [0.15, 0.2) is 42.5 Å². The van der Waals surface area contributed by atoms with E-state index in [0.29, 0.717) is 11.8 Å². The van der Waals surface area contributed by atoms with Gasteiger partial charge in [-0.05, 0) is 29.8 Å². The summed E-state index contributed by atoms with van der Waals surface area (Å²) in [7, 11) is 0. The summed E-state index contributed by atoms with van der Waals surface area (Å²) in [6, 6.07) is 8.05. The highest BCUT2D eigenvalue weighted by molar-refractivity contribution is 5.75. The van der Waals surface area contributed by atoms with Crippen molar-refractivity contribution in [3.63, 3.8) is 0 Å². The molecule has 0 bridgehead atoms. The molecule has 0 saturated heterocycles. The van der Waals surface area contributed by atoms with Crippen molar-refractivity contribution in [3.05, 3.63) is 65.0 Å². The van der Waals surface area contributed by atoms with Crippen molar-refractivity contribution in [2.24, 2.45) is 0 Å². The first-order valence-electron chi connectivity index (χ1n) is 5.93. The average Bonchev–Trinajstić information content (AvgIpc) is 2.44. The molecule has 2 nitrogen and oxygen atoms in total. The molecule has 0 unspecified atom stereocenters. The van der Waals surface area contributed by atoms with Gasteiger partial charge < -0.3 is 4.74 Å². The quantitative estimate of drug-likeness (QED) is 0.623. The van der Waals surface area contributed by atoms with Gasteiger partial charge in [-0.15, -0.1) is 0 Å². The van der Waals surface area contributed by atoms with Crippen LogP contribution in [-0.2, 0) is 12.8 Å². The van der Waals surface area contributed by atoms with Gasteiger partial charge in [0.25, 0.3) is 0 Å². The lowest BCUT2D eigenvalue weighted by Crippen LogP contribution is -2.06. The number of rotatable bonds is 4. The summed E-state index contributed by atoms with van der Waals surface area (Å²) < 4.78 is 56.1. The van der Waals surface area contributed by atoms with Gasteiger partial charge in [-0.3, -0.25) is 4.79 Å². The van der Waals surface area contributed by atoms with Crippen molar-refractivity contribution in [1.29, 1.82) is 0 Å². The molecular weight excluding hydrogens is 288 g/mol.